The molecule has 3 aromatic rings. The van der Waals surface area contributed by atoms with E-state index in [0.29, 0.717) is 21.4 Å². The maximum absolute atomic E-state index is 12.6. The number of hydrogen-bond donors (Lipinski definition) is 1. The first kappa shape index (κ1) is 26.2. The van der Waals surface area contributed by atoms with Gasteiger partial charge in [-0.2, -0.15) is 5.26 Å². The smallest absolute Gasteiger partial charge is 0.271 e. The Morgan fingerprint density at radius 2 is 1.85 bits per heavy atom. The largest absolute Gasteiger partial charge is 0.487 e. The molecule has 0 atom stereocenters. The molecular formula is C23H13Cl2I2N3O4. The van der Waals surface area contributed by atoms with E-state index in [0.717, 1.165) is 12.7 Å². The molecule has 11 heteroatoms. The highest BCUT2D eigenvalue weighted by Crippen LogP contribution is 2.31. The summed E-state index contributed by atoms with van der Waals surface area (Å²) >= 11 is 16.4. The second-order valence-corrected chi connectivity index (χ2v) is 9.94. The maximum atomic E-state index is 12.6. The van der Waals surface area contributed by atoms with Gasteiger partial charge in [-0.25, -0.2) is 0 Å². The Labute approximate surface area is 232 Å². The van der Waals surface area contributed by atoms with Crippen LogP contribution in [-0.2, 0) is 11.4 Å². The number of amides is 1. The van der Waals surface area contributed by atoms with Crippen LogP contribution in [0.3, 0.4) is 0 Å². The van der Waals surface area contributed by atoms with Crippen molar-refractivity contribution in [1.29, 1.82) is 5.26 Å². The summed E-state index contributed by atoms with van der Waals surface area (Å²) in [6.45, 7) is 0.242. The Morgan fingerprint density at radius 1 is 1.15 bits per heavy atom. The summed E-state index contributed by atoms with van der Waals surface area (Å²) in [5, 5.41) is 24.0. The maximum Gasteiger partial charge on any atom is 0.271 e. The van der Waals surface area contributed by atoms with E-state index >= 15 is 0 Å². The predicted molar refractivity (Wildman–Crippen MR) is 148 cm³/mol. The van der Waals surface area contributed by atoms with Crippen LogP contribution in [0.15, 0.2) is 60.2 Å². The molecule has 7 nitrogen and oxygen atoms in total. The number of carbonyl (C=O) groups is 1. The van der Waals surface area contributed by atoms with Gasteiger partial charge in [-0.15, -0.1) is 0 Å². The number of ether oxygens (including phenoxy) is 1. The highest BCUT2D eigenvalue weighted by atomic mass is 127. The fraction of sp³-hybridized carbons (Fsp3) is 0.0435. The molecule has 0 saturated heterocycles. The SMILES string of the molecule is N#C/C(=C\c1cc(I)c(OCc2ccc(Cl)cc2Cl)c(I)c1)C(=O)Nc1cccc([N+](=O)[O-])c1. The molecular weight excluding hydrogens is 707 g/mol. The fourth-order valence-corrected chi connectivity index (χ4v) is 5.39. The average Bonchev–Trinajstić information content (AvgIpc) is 2.78. The van der Waals surface area contributed by atoms with Gasteiger partial charge in [0.1, 0.15) is 24.0 Å². The van der Waals surface area contributed by atoms with Crippen molar-refractivity contribution in [2.45, 2.75) is 6.61 Å². The third kappa shape index (κ3) is 6.82. The van der Waals surface area contributed by atoms with Gasteiger partial charge in [0, 0.05) is 33.4 Å². The van der Waals surface area contributed by atoms with Gasteiger partial charge in [-0.1, -0.05) is 35.3 Å². The van der Waals surface area contributed by atoms with Crippen molar-refractivity contribution in [1.82, 2.24) is 0 Å². The predicted octanol–water partition coefficient (Wildman–Crippen LogP) is 7.24. The zero-order chi connectivity index (χ0) is 24.8. The number of nitriles is 1. The van der Waals surface area contributed by atoms with Crippen LogP contribution in [0, 0.1) is 28.6 Å². The Balaban J connectivity index is 1.78. The minimum absolute atomic E-state index is 0.153. The van der Waals surface area contributed by atoms with Crippen LogP contribution in [0.4, 0.5) is 11.4 Å². The summed E-state index contributed by atoms with van der Waals surface area (Å²) in [5.74, 6) is -0.0327. The molecule has 3 rings (SSSR count). The van der Waals surface area contributed by atoms with Gasteiger partial charge < -0.3 is 10.1 Å². The Morgan fingerprint density at radius 3 is 2.47 bits per heavy atom. The summed E-state index contributed by atoms with van der Waals surface area (Å²) < 4.78 is 7.51. The van der Waals surface area contributed by atoms with E-state index in [1.54, 1.807) is 30.3 Å². The number of rotatable bonds is 7. The third-order valence-corrected chi connectivity index (χ3v) is 6.59. The van der Waals surface area contributed by atoms with E-state index in [4.69, 9.17) is 27.9 Å². The number of halogens is 4. The highest BCUT2D eigenvalue weighted by Gasteiger charge is 2.14. The van der Waals surface area contributed by atoms with Crippen LogP contribution in [0.2, 0.25) is 10.0 Å². The Bertz CT molecular complexity index is 1330. The molecule has 0 unspecified atom stereocenters. The quantitative estimate of drug-likeness (QED) is 0.0912. The lowest BCUT2D eigenvalue weighted by Gasteiger charge is -2.13. The minimum Gasteiger partial charge on any atom is -0.487 e. The van der Waals surface area contributed by atoms with E-state index < -0.39 is 10.8 Å². The lowest BCUT2D eigenvalue weighted by Crippen LogP contribution is -2.13. The van der Waals surface area contributed by atoms with Crippen LogP contribution in [0.5, 0.6) is 5.75 Å². The summed E-state index contributed by atoms with van der Waals surface area (Å²) in [6, 6.07) is 16.1. The van der Waals surface area contributed by atoms with Crippen LogP contribution < -0.4 is 10.1 Å². The number of carbonyl (C=O) groups excluding carboxylic acids is 1. The molecule has 0 aliphatic rings. The van der Waals surface area contributed by atoms with E-state index in [2.05, 4.69) is 50.5 Å². The Hall–Kier alpha value is -2.40. The summed E-state index contributed by atoms with van der Waals surface area (Å²) in [7, 11) is 0. The van der Waals surface area contributed by atoms with E-state index in [1.807, 2.05) is 6.07 Å². The first-order valence-electron chi connectivity index (χ1n) is 9.41. The van der Waals surface area contributed by atoms with E-state index in [1.165, 1.54) is 30.3 Å². The fourth-order valence-electron chi connectivity index (χ4n) is 2.80. The molecule has 172 valence electrons. The molecule has 0 aliphatic heterocycles. The number of anilines is 1. The van der Waals surface area contributed by atoms with Gasteiger partial charge >= 0.3 is 0 Å². The Kier molecular flexibility index (Phi) is 9.12. The molecule has 3 aromatic carbocycles. The topological polar surface area (TPSA) is 105 Å². The highest BCUT2D eigenvalue weighted by molar-refractivity contribution is 14.1. The van der Waals surface area contributed by atoms with Crippen molar-refractivity contribution in [3.63, 3.8) is 0 Å². The van der Waals surface area contributed by atoms with Crippen molar-refractivity contribution >= 4 is 91.7 Å². The standard InChI is InChI=1S/C23H13Cl2I2N3O4/c24-16-5-4-14(19(25)9-16)12-34-22-20(26)7-13(8-21(22)27)6-15(11-28)23(31)29-17-2-1-3-18(10-17)30(32)33/h1-10H,12H2,(H,29,31)/b15-6+. The molecule has 0 bridgehead atoms. The van der Waals surface area contributed by atoms with E-state index in [-0.39, 0.29) is 23.6 Å². The van der Waals surface area contributed by atoms with Gasteiger partial charge in [-0.05, 0) is 87.2 Å². The van der Waals surface area contributed by atoms with Crippen molar-refractivity contribution < 1.29 is 14.5 Å². The zero-order valence-corrected chi connectivity index (χ0v) is 22.8. The molecule has 0 fully saturated rings. The lowest BCUT2D eigenvalue weighted by molar-refractivity contribution is -0.384. The zero-order valence-electron chi connectivity index (χ0n) is 17.0. The number of nitrogens with one attached hydrogen (secondary N) is 1. The third-order valence-electron chi connectivity index (χ3n) is 4.40. The normalized spacial score (nSPS) is 11.0. The molecule has 0 saturated carbocycles. The first-order valence-corrected chi connectivity index (χ1v) is 12.3. The lowest BCUT2D eigenvalue weighted by atomic mass is 10.1. The number of hydrogen-bond acceptors (Lipinski definition) is 5. The van der Waals surface area contributed by atoms with Crippen molar-refractivity contribution in [2.24, 2.45) is 0 Å². The van der Waals surface area contributed by atoms with Crippen LogP contribution in [0.1, 0.15) is 11.1 Å². The second-order valence-electron chi connectivity index (χ2n) is 6.77. The van der Waals surface area contributed by atoms with Gasteiger partial charge in [0.25, 0.3) is 11.6 Å². The molecule has 34 heavy (non-hydrogen) atoms. The summed E-state index contributed by atoms with van der Waals surface area (Å²) in [6.07, 6.45) is 1.44. The van der Waals surface area contributed by atoms with Crippen molar-refractivity contribution in [3.05, 3.63) is 98.6 Å². The van der Waals surface area contributed by atoms with Crippen LogP contribution in [0.25, 0.3) is 6.08 Å². The summed E-state index contributed by atoms with van der Waals surface area (Å²) in [5.41, 5.74) is 1.30. The summed E-state index contributed by atoms with van der Waals surface area (Å²) in [4.78, 5) is 22.9. The van der Waals surface area contributed by atoms with Gasteiger partial charge in [0.2, 0.25) is 0 Å². The average molecular weight is 720 g/mol. The van der Waals surface area contributed by atoms with Crippen LogP contribution in [-0.4, -0.2) is 10.8 Å². The molecule has 0 aromatic heterocycles. The number of nitro benzene ring substituents is 1. The molecule has 1 amide bonds. The van der Waals surface area contributed by atoms with Gasteiger partial charge in [0.15, 0.2) is 0 Å². The second kappa shape index (κ2) is 11.8. The monoisotopic (exact) mass is 719 g/mol. The van der Waals surface area contributed by atoms with Crippen molar-refractivity contribution in [2.75, 3.05) is 5.32 Å². The number of benzene rings is 3. The molecule has 1 N–H and O–H groups in total. The minimum atomic E-state index is -0.675. The van der Waals surface area contributed by atoms with Gasteiger partial charge in [0.05, 0.1) is 12.1 Å². The van der Waals surface area contributed by atoms with Crippen LogP contribution >= 0.6 is 68.4 Å². The molecule has 0 heterocycles. The first-order chi connectivity index (χ1) is 16.2. The van der Waals surface area contributed by atoms with E-state index in [9.17, 15) is 20.2 Å². The molecule has 0 aliphatic carbocycles. The van der Waals surface area contributed by atoms with Gasteiger partial charge in [-0.3, -0.25) is 14.9 Å². The molecule has 0 spiro atoms. The van der Waals surface area contributed by atoms with Crippen molar-refractivity contribution in [3.8, 4) is 11.8 Å². The number of nitro groups is 1. The number of nitrogens with zero attached hydrogens (tertiary/aromatic N) is 2. The molecule has 0 radical (unpaired) electrons. The number of non-ortho nitro benzene ring substituents is 1.